The number of aliphatic hydroxyl groups excluding tert-OH is 2. The third-order valence-electron chi connectivity index (χ3n) is 3.67. The van der Waals surface area contributed by atoms with Crippen LogP contribution in [0.5, 0.6) is 0 Å². The maximum absolute atomic E-state index is 9.38. The van der Waals surface area contributed by atoms with Gasteiger partial charge in [0.1, 0.15) is 0 Å². The van der Waals surface area contributed by atoms with Crippen molar-refractivity contribution < 1.29 is 14.9 Å². The molecule has 0 heterocycles. The number of aliphatic hydroxyl groups is 2. The summed E-state index contributed by atoms with van der Waals surface area (Å²) in [5.41, 5.74) is 0. The fraction of sp³-hybridized carbons (Fsp3) is 1.00. The third kappa shape index (κ3) is 3.44. The van der Waals surface area contributed by atoms with E-state index in [0.29, 0.717) is 12.2 Å². The predicted molar refractivity (Wildman–Crippen MR) is 57.6 cm³/mol. The van der Waals surface area contributed by atoms with Crippen LogP contribution in [0, 0.1) is 0 Å². The molecule has 3 heteroatoms. The van der Waals surface area contributed by atoms with Crippen LogP contribution in [0.1, 0.15) is 51.4 Å². The molecule has 0 aromatic carbocycles. The van der Waals surface area contributed by atoms with Gasteiger partial charge in [0.2, 0.25) is 0 Å². The predicted octanol–water partition coefficient (Wildman–Crippen LogP) is 1.61. The minimum Gasteiger partial charge on any atom is -0.393 e. The molecule has 0 radical (unpaired) electrons. The molecule has 0 saturated heterocycles. The molecular formula is C12H22O3. The van der Waals surface area contributed by atoms with Crippen molar-refractivity contribution in [3.8, 4) is 0 Å². The summed E-state index contributed by atoms with van der Waals surface area (Å²) >= 11 is 0. The fourth-order valence-corrected chi connectivity index (χ4v) is 2.63. The quantitative estimate of drug-likeness (QED) is 0.734. The van der Waals surface area contributed by atoms with E-state index in [0.717, 1.165) is 51.4 Å². The molecule has 2 rings (SSSR count). The lowest BCUT2D eigenvalue weighted by atomic mass is 9.92. The van der Waals surface area contributed by atoms with E-state index in [9.17, 15) is 10.2 Å². The van der Waals surface area contributed by atoms with Crippen molar-refractivity contribution in [2.24, 2.45) is 0 Å². The minimum atomic E-state index is -0.0990. The highest BCUT2D eigenvalue weighted by atomic mass is 16.5. The molecule has 2 N–H and O–H groups in total. The van der Waals surface area contributed by atoms with Crippen LogP contribution in [0.2, 0.25) is 0 Å². The standard InChI is InChI=1S/C12H22O3/c13-9-1-5-11(6-2-9)15-12-7-3-10(14)4-8-12/h9-14H,1-8H2. The molecule has 0 amide bonds. The second-order valence-electron chi connectivity index (χ2n) is 5.00. The number of rotatable bonds is 2. The first-order chi connectivity index (χ1) is 7.24. The lowest BCUT2D eigenvalue weighted by Crippen LogP contribution is -2.31. The molecule has 0 spiro atoms. The molecule has 88 valence electrons. The molecule has 0 atom stereocenters. The van der Waals surface area contributed by atoms with Crippen molar-refractivity contribution in [1.82, 2.24) is 0 Å². The van der Waals surface area contributed by atoms with E-state index in [1.54, 1.807) is 0 Å². The summed E-state index contributed by atoms with van der Waals surface area (Å²) in [6.07, 6.45) is 8.07. The van der Waals surface area contributed by atoms with Gasteiger partial charge in [0.25, 0.3) is 0 Å². The molecule has 2 aliphatic rings. The van der Waals surface area contributed by atoms with E-state index in [1.807, 2.05) is 0 Å². The molecule has 0 aromatic rings. The van der Waals surface area contributed by atoms with Gasteiger partial charge >= 0.3 is 0 Å². The van der Waals surface area contributed by atoms with Crippen molar-refractivity contribution >= 4 is 0 Å². The summed E-state index contributed by atoms with van der Waals surface area (Å²) in [6, 6.07) is 0. The van der Waals surface area contributed by atoms with Crippen LogP contribution in [-0.2, 0) is 4.74 Å². The smallest absolute Gasteiger partial charge is 0.0580 e. The Morgan fingerprint density at radius 2 is 0.933 bits per heavy atom. The topological polar surface area (TPSA) is 49.7 Å². The summed E-state index contributed by atoms with van der Waals surface area (Å²) in [6.45, 7) is 0. The minimum absolute atomic E-state index is 0.0990. The van der Waals surface area contributed by atoms with E-state index >= 15 is 0 Å². The molecule has 0 aliphatic heterocycles. The summed E-state index contributed by atoms with van der Waals surface area (Å²) in [5.74, 6) is 0. The Morgan fingerprint density at radius 3 is 1.27 bits per heavy atom. The first kappa shape index (κ1) is 11.4. The maximum atomic E-state index is 9.38. The number of hydrogen-bond acceptors (Lipinski definition) is 3. The van der Waals surface area contributed by atoms with Gasteiger partial charge in [-0.15, -0.1) is 0 Å². The fourth-order valence-electron chi connectivity index (χ4n) is 2.63. The largest absolute Gasteiger partial charge is 0.393 e. The molecule has 2 fully saturated rings. The van der Waals surface area contributed by atoms with Gasteiger partial charge in [-0.25, -0.2) is 0 Å². The zero-order valence-corrected chi connectivity index (χ0v) is 9.27. The molecule has 3 nitrogen and oxygen atoms in total. The highest BCUT2D eigenvalue weighted by Crippen LogP contribution is 2.27. The van der Waals surface area contributed by atoms with Gasteiger partial charge in [-0.3, -0.25) is 0 Å². The van der Waals surface area contributed by atoms with Crippen molar-refractivity contribution in [3.05, 3.63) is 0 Å². The highest BCUT2D eigenvalue weighted by Gasteiger charge is 2.25. The lowest BCUT2D eigenvalue weighted by molar-refractivity contribution is -0.0720. The van der Waals surface area contributed by atoms with E-state index in [4.69, 9.17) is 4.74 Å². The van der Waals surface area contributed by atoms with Crippen LogP contribution >= 0.6 is 0 Å². The summed E-state index contributed by atoms with van der Waals surface area (Å²) < 4.78 is 6.01. The van der Waals surface area contributed by atoms with Crippen LogP contribution in [0.4, 0.5) is 0 Å². The second kappa shape index (κ2) is 5.28. The van der Waals surface area contributed by atoms with Gasteiger partial charge < -0.3 is 14.9 Å². The van der Waals surface area contributed by atoms with E-state index in [-0.39, 0.29) is 12.2 Å². The Labute approximate surface area is 91.4 Å². The Morgan fingerprint density at radius 1 is 0.600 bits per heavy atom. The average molecular weight is 214 g/mol. The SMILES string of the molecule is OC1CCC(OC2CCC(O)CC2)CC1. The first-order valence-electron chi connectivity index (χ1n) is 6.25. The summed E-state index contributed by atoms with van der Waals surface area (Å²) in [4.78, 5) is 0. The van der Waals surface area contributed by atoms with Crippen molar-refractivity contribution in [2.45, 2.75) is 75.8 Å². The van der Waals surface area contributed by atoms with E-state index in [2.05, 4.69) is 0 Å². The first-order valence-corrected chi connectivity index (χ1v) is 6.25. The normalized spacial score (nSPS) is 42.8. The molecule has 0 unspecified atom stereocenters. The molecular weight excluding hydrogens is 192 g/mol. The van der Waals surface area contributed by atoms with Gasteiger partial charge in [0.15, 0.2) is 0 Å². The Kier molecular flexibility index (Phi) is 4.00. The summed E-state index contributed by atoms with van der Waals surface area (Å²) in [7, 11) is 0. The van der Waals surface area contributed by atoms with Crippen LogP contribution in [0.3, 0.4) is 0 Å². The van der Waals surface area contributed by atoms with Gasteiger partial charge in [-0.05, 0) is 51.4 Å². The zero-order chi connectivity index (χ0) is 10.7. The molecule has 2 aliphatic carbocycles. The Bertz CT molecular complexity index is 159. The molecule has 0 bridgehead atoms. The van der Waals surface area contributed by atoms with Gasteiger partial charge in [-0.1, -0.05) is 0 Å². The van der Waals surface area contributed by atoms with Crippen LogP contribution in [0.15, 0.2) is 0 Å². The molecule has 2 saturated carbocycles. The maximum Gasteiger partial charge on any atom is 0.0580 e. The number of ether oxygens (including phenoxy) is 1. The summed E-state index contributed by atoms with van der Waals surface area (Å²) in [5, 5.41) is 18.8. The average Bonchev–Trinajstić information content (AvgIpc) is 2.25. The number of hydrogen-bond donors (Lipinski definition) is 2. The lowest BCUT2D eigenvalue weighted by Gasteiger charge is -2.32. The van der Waals surface area contributed by atoms with Gasteiger partial charge in [-0.2, -0.15) is 0 Å². The van der Waals surface area contributed by atoms with Crippen LogP contribution in [-0.4, -0.2) is 34.6 Å². The van der Waals surface area contributed by atoms with Crippen molar-refractivity contribution in [1.29, 1.82) is 0 Å². The van der Waals surface area contributed by atoms with Crippen LogP contribution in [0.25, 0.3) is 0 Å². The van der Waals surface area contributed by atoms with E-state index in [1.165, 1.54) is 0 Å². The monoisotopic (exact) mass is 214 g/mol. The highest BCUT2D eigenvalue weighted by molar-refractivity contribution is 4.76. The van der Waals surface area contributed by atoms with Gasteiger partial charge in [0, 0.05) is 0 Å². The van der Waals surface area contributed by atoms with Crippen LogP contribution < -0.4 is 0 Å². The van der Waals surface area contributed by atoms with Gasteiger partial charge in [0.05, 0.1) is 24.4 Å². The van der Waals surface area contributed by atoms with Crippen molar-refractivity contribution in [2.75, 3.05) is 0 Å². The third-order valence-corrected chi connectivity index (χ3v) is 3.67. The zero-order valence-electron chi connectivity index (χ0n) is 9.27. The van der Waals surface area contributed by atoms with E-state index < -0.39 is 0 Å². The Hall–Kier alpha value is -0.120. The molecule has 0 aromatic heterocycles. The second-order valence-corrected chi connectivity index (χ2v) is 5.00. The van der Waals surface area contributed by atoms with Crippen molar-refractivity contribution in [3.63, 3.8) is 0 Å². The Balaban J connectivity index is 1.68. The molecule has 15 heavy (non-hydrogen) atoms.